The Morgan fingerprint density at radius 3 is 2.76 bits per heavy atom. The second kappa shape index (κ2) is 8.03. The van der Waals surface area contributed by atoms with Crippen LogP contribution in [0, 0.1) is 0 Å². The molecule has 1 aromatic rings. The SMILES string of the molecule is O=C(c1ccc(Cl)c(NC(=O)N2CCOC[C@@H]2CO)c1)N1CCCC1. The lowest BCUT2D eigenvalue weighted by atomic mass is 10.1. The van der Waals surface area contributed by atoms with Crippen LogP contribution in [-0.2, 0) is 4.74 Å². The molecule has 1 aromatic carbocycles. The first-order valence-corrected chi connectivity index (χ1v) is 8.83. The van der Waals surface area contributed by atoms with E-state index in [9.17, 15) is 14.7 Å². The number of hydrogen-bond donors (Lipinski definition) is 2. The molecule has 1 atom stereocenters. The summed E-state index contributed by atoms with van der Waals surface area (Å²) in [6, 6.07) is 4.14. The summed E-state index contributed by atoms with van der Waals surface area (Å²) in [5.74, 6) is -0.0516. The number of aliphatic hydroxyl groups is 1. The largest absolute Gasteiger partial charge is 0.394 e. The predicted octanol–water partition coefficient (Wildman–Crippen LogP) is 1.80. The highest BCUT2D eigenvalue weighted by Crippen LogP contribution is 2.25. The third-order valence-electron chi connectivity index (χ3n) is 4.55. The van der Waals surface area contributed by atoms with Crippen LogP contribution in [0.4, 0.5) is 10.5 Å². The van der Waals surface area contributed by atoms with Crippen molar-refractivity contribution in [2.24, 2.45) is 0 Å². The van der Waals surface area contributed by atoms with Gasteiger partial charge in [-0.15, -0.1) is 0 Å². The lowest BCUT2D eigenvalue weighted by Crippen LogP contribution is -2.52. The zero-order valence-electron chi connectivity index (χ0n) is 13.9. The van der Waals surface area contributed by atoms with Crippen LogP contribution in [0.15, 0.2) is 18.2 Å². The van der Waals surface area contributed by atoms with Crippen LogP contribution in [0.3, 0.4) is 0 Å². The van der Waals surface area contributed by atoms with Gasteiger partial charge in [0.25, 0.3) is 5.91 Å². The Bertz CT molecular complexity index is 649. The summed E-state index contributed by atoms with van der Waals surface area (Å²) in [4.78, 5) is 28.4. The number of nitrogens with one attached hydrogen (secondary N) is 1. The molecule has 2 fully saturated rings. The van der Waals surface area contributed by atoms with Gasteiger partial charge in [0.05, 0.1) is 36.6 Å². The number of ether oxygens (including phenoxy) is 1. The molecule has 2 heterocycles. The number of halogens is 1. The maximum atomic E-state index is 12.5. The van der Waals surface area contributed by atoms with Crippen molar-refractivity contribution in [2.75, 3.05) is 44.8 Å². The third-order valence-corrected chi connectivity index (χ3v) is 4.88. The Morgan fingerprint density at radius 2 is 2.04 bits per heavy atom. The zero-order chi connectivity index (χ0) is 17.8. The van der Waals surface area contributed by atoms with Crippen LogP contribution >= 0.6 is 11.6 Å². The van der Waals surface area contributed by atoms with Gasteiger partial charge in [-0.1, -0.05) is 11.6 Å². The molecule has 0 bridgehead atoms. The Labute approximate surface area is 151 Å². The molecule has 0 aromatic heterocycles. The summed E-state index contributed by atoms with van der Waals surface area (Å²) in [6.45, 7) is 2.45. The van der Waals surface area contributed by atoms with Crippen LogP contribution in [0.1, 0.15) is 23.2 Å². The molecule has 0 unspecified atom stereocenters. The summed E-state index contributed by atoms with van der Waals surface area (Å²) < 4.78 is 5.28. The molecule has 2 N–H and O–H groups in total. The van der Waals surface area contributed by atoms with Crippen molar-refractivity contribution in [1.82, 2.24) is 9.80 Å². The summed E-state index contributed by atoms with van der Waals surface area (Å²) in [5, 5.41) is 12.5. The zero-order valence-corrected chi connectivity index (χ0v) is 14.7. The Hall–Kier alpha value is -1.83. The van der Waals surface area contributed by atoms with Gasteiger partial charge in [-0.05, 0) is 31.0 Å². The van der Waals surface area contributed by atoms with E-state index in [1.165, 1.54) is 4.90 Å². The number of amides is 3. The first kappa shape index (κ1) is 18.0. The minimum absolute atomic E-state index is 0.0516. The molecule has 0 aliphatic carbocycles. The highest BCUT2D eigenvalue weighted by molar-refractivity contribution is 6.33. The van der Waals surface area contributed by atoms with Crippen molar-refractivity contribution in [3.8, 4) is 0 Å². The molecule has 8 heteroatoms. The van der Waals surface area contributed by atoms with Crippen LogP contribution in [0.2, 0.25) is 5.02 Å². The smallest absolute Gasteiger partial charge is 0.322 e. The van der Waals surface area contributed by atoms with Gasteiger partial charge in [-0.3, -0.25) is 4.79 Å². The van der Waals surface area contributed by atoms with Gasteiger partial charge in [0.2, 0.25) is 0 Å². The predicted molar refractivity (Wildman–Crippen MR) is 94.0 cm³/mol. The maximum absolute atomic E-state index is 12.5. The number of carbonyl (C=O) groups excluding carboxylic acids is 2. The fraction of sp³-hybridized carbons (Fsp3) is 0.529. The number of hydrogen-bond acceptors (Lipinski definition) is 4. The molecule has 2 aliphatic rings. The summed E-state index contributed by atoms with van der Waals surface area (Å²) >= 11 is 6.18. The van der Waals surface area contributed by atoms with E-state index in [0.717, 1.165) is 25.9 Å². The van der Waals surface area contributed by atoms with Gasteiger partial charge in [-0.2, -0.15) is 0 Å². The number of morpholine rings is 1. The van der Waals surface area contributed by atoms with Gasteiger partial charge in [0, 0.05) is 25.2 Å². The number of carbonyl (C=O) groups is 2. The van der Waals surface area contributed by atoms with Crippen molar-refractivity contribution in [1.29, 1.82) is 0 Å². The van der Waals surface area contributed by atoms with Gasteiger partial charge < -0.3 is 25.0 Å². The van der Waals surface area contributed by atoms with E-state index in [-0.39, 0.29) is 24.6 Å². The highest BCUT2D eigenvalue weighted by atomic mass is 35.5. The molecule has 7 nitrogen and oxygen atoms in total. The summed E-state index contributed by atoms with van der Waals surface area (Å²) in [7, 11) is 0. The second-order valence-electron chi connectivity index (χ2n) is 6.23. The number of rotatable bonds is 3. The molecule has 0 radical (unpaired) electrons. The molecule has 136 valence electrons. The van der Waals surface area contributed by atoms with Crippen LogP contribution in [-0.4, -0.2) is 72.3 Å². The monoisotopic (exact) mass is 367 g/mol. The molecule has 2 saturated heterocycles. The van der Waals surface area contributed by atoms with E-state index in [1.54, 1.807) is 23.1 Å². The van der Waals surface area contributed by atoms with Crippen molar-refractivity contribution < 1.29 is 19.4 Å². The van der Waals surface area contributed by atoms with Crippen molar-refractivity contribution >= 4 is 29.2 Å². The molecular weight excluding hydrogens is 346 g/mol. The van der Waals surface area contributed by atoms with Crippen molar-refractivity contribution in [3.05, 3.63) is 28.8 Å². The fourth-order valence-electron chi connectivity index (χ4n) is 3.12. The average molecular weight is 368 g/mol. The van der Waals surface area contributed by atoms with E-state index in [0.29, 0.717) is 36.0 Å². The topological polar surface area (TPSA) is 82.1 Å². The van der Waals surface area contributed by atoms with Crippen molar-refractivity contribution in [3.63, 3.8) is 0 Å². The Balaban J connectivity index is 1.74. The van der Waals surface area contributed by atoms with Crippen LogP contribution in [0.25, 0.3) is 0 Å². The summed E-state index contributed by atoms with van der Waals surface area (Å²) in [5.41, 5.74) is 0.891. The van der Waals surface area contributed by atoms with Crippen LogP contribution < -0.4 is 5.32 Å². The maximum Gasteiger partial charge on any atom is 0.322 e. The molecular formula is C17H22ClN3O4. The van der Waals surface area contributed by atoms with E-state index >= 15 is 0 Å². The lowest BCUT2D eigenvalue weighted by Gasteiger charge is -2.34. The molecule has 3 amide bonds. The molecule has 0 saturated carbocycles. The van der Waals surface area contributed by atoms with E-state index in [4.69, 9.17) is 16.3 Å². The Kier molecular flexibility index (Phi) is 5.78. The summed E-state index contributed by atoms with van der Waals surface area (Å²) in [6.07, 6.45) is 2.03. The minimum Gasteiger partial charge on any atom is -0.394 e. The third kappa shape index (κ3) is 4.05. The van der Waals surface area contributed by atoms with Gasteiger partial charge in [0.15, 0.2) is 0 Å². The van der Waals surface area contributed by atoms with Gasteiger partial charge >= 0.3 is 6.03 Å². The van der Waals surface area contributed by atoms with Gasteiger partial charge in [0.1, 0.15) is 0 Å². The number of nitrogens with zero attached hydrogens (tertiary/aromatic N) is 2. The lowest BCUT2D eigenvalue weighted by molar-refractivity contribution is -0.00485. The second-order valence-corrected chi connectivity index (χ2v) is 6.64. The average Bonchev–Trinajstić information content (AvgIpc) is 3.17. The molecule has 0 spiro atoms. The van der Waals surface area contributed by atoms with Crippen molar-refractivity contribution in [2.45, 2.75) is 18.9 Å². The molecule has 3 rings (SSSR count). The first-order chi connectivity index (χ1) is 12.1. The highest BCUT2D eigenvalue weighted by Gasteiger charge is 2.27. The van der Waals surface area contributed by atoms with Gasteiger partial charge in [-0.25, -0.2) is 4.79 Å². The number of urea groups is 1. The van der Waals surface area contributed by atoms with E-state index in [1.807, 2.05) is 0 Å². The number of benzene rings is 1. The molecule has 25 heavy (non-hydrogen) atoms. The number of aliphatic hydroxyl groups excluding tert-OH is 1. The molecule has 2 aliphatic heterocycles. The quantitative estimate of drug-likeness (QED) is 0.853. The van der Waals surface area contributed by atoms with Crippen LogP contribution in [0.5, 0.6) is 0 Å². The standard InChI is InChI=1S/C17H22ClN3O4/c18-14-4-3-12(16(23)20-5-1-2-6-20)9-15(14)19-17(24)21-7-8-25-11-13(21)10-22/h3-4,9,13,22H,1-2,5-8,10-11H2,(H,19,24)/t13-/m0/s1. The minimum atomic E-state index is -0.387. The normalized spacial score (nSPS) is 20.6. The Morgan fingerprint density at radius 1 is 1.28 bits per heavy atom. The van der Waals surface area contributed by atoms with E-state index < -0.39 is 0 Å². The number of anilines is 1. The number of likely N-dealkylation sites (tertiary alicyclic amines) is 1. The fourth-order valence-corrected chi connectivity index (χ4v) is 3.28. The first-order valence-electron chi connectivity index (χ1n) is 8.45. The van der Waals surface area contributed by atoms with E-state index in [2.05, 4.69) is 5.32 Å².